The van der Waals surface area contributed by atoms with Crippen molar-refractivity contribution in [2.75, 3.05) is 6.54 Å². The number of carbonyl (C=O) groups excluding carboxylic acids is 1. The van der Waals surface area contributed by atoms with Crippen LogP contribution in [0.25, 0.3) is 0 Å². The molecule has 4 nitrogen and oxygen atoms in total. The largest absolute Gasteiger partial charge is 0.444 e. The second-order valence-corrected chi connectivity index (χ2v) is 6.21. The maximum atomic E-state index is 11.8. The van der Waals surface area contributed by atoms with Crippen LogP contribution in [0.15, 0.2) is 0 Å². The number of hydrogen-bond acceptors (Lipinski definition) is 3. The summed E-state index contributed by atoms with van der Waals surface area (Å²) >= 11 is 0. The highest BCUT2D eigenvalue weighted by molar-refractivity contribution is 5.70. The lowest BCUT2D eigenvalue weighted by molar-refractivity contribution is -0.161. The topological polar surface area (TPSA) is 49.8 Å². The lowest BCUT2D eigenvalue weighted by Gasteiger charge is -2.62. The van der Waals surface area contributed by atoms with Gasteiger partial charge in [-0.25, -0.2) is 4.79 Å². The molecule has 1 spiro atoms. The van der Waals surface area contributed by atoms with E-state index in [1.165, 1.54) is 0 Å². The average molecular weight is 227 g/mol. The van der Waals surface area contributed by atoms with Crippen LogP contribution >= 0.6 is 0 Å². The van der Waals surface area contributed by atoms with Crippen LogP contribution in [-0.4, -0.2) is 40.4 Å². The molecule has 1 heterocycles. The molecule has 0 bridgehead atoms. The van der Waals surface area contributed by atoms with Gasteiger partial charge in [0.05, 0.1) is 6.10 Å². The maximum absolute atomic E-state index is 11.8. The van der Waals surface area contributed by atoms with Crippen molar-refractivity contribution in [1.29, 1.82) is 0 Å². The predicted octanol–water partition coefficient (Wildman–Crippen LogP) is 1.77. The zero-order chi connectivity index (χ0) is 12.1. The monoisotopic (exact) mass is 227 g/mol. The van der Waals surface area contributed by atoms with Crippen LogP contribution in [0.4, 0.5) is 4.79 Å². The molecular weight excluding hydrogens is 206 g/mol. The predicted molar refractivity (Wildman–Crippen MR) is 60.1 cm³/mol. The van der Waals surface area contributed by atoms with E-state index in [0.717, 1.165) is 19.4 Å². The lowest BCUT2D eigenvalue weighted by atomic mass is 9.57. The summed E-state index contributed by atoms with van der Waals surface area (Å²) in [7, 11) is 0. The summed E-state index contributed by atoms with van der Waals surface area (Å²) in [4.78, 5) is 13.6. The summed E-state index contributed by atoms with van der Waals surface area (Å²) in [5.41, 5.74) is -0.255. The molecule has 0 aromatic rings. The molecule has 4 heteroatoms. The Bertz CT molecular complexity index is 302. The van der Waals surface area contributed by atoms with Gasteiger partial charge in [-0.1, -0.05) is 0 Å². The van der Waals surface area contributed by atoms with E-state index < -0.39 is 5.60 Å². The van der Waals surface area contributed by atoms with Gasteiger partial charge >= 0.3 is 6.09 Å². The van der Waals surface area contributed by atoms with Gasteiger partial charge in [-0.15, -0.1) is 0 Å². The van der Waals surface area contributed by atoms with Crippen molar-refractivity contribution in [1.82, 2.24) is 4.90 Å². The van der Waals surface area contributed by atoms with Crippen molar-refractivity contribution >= 4 is 6.09 Å². The molecule has 1 atom stereocenters. The molecule has 1 saturated carbocycles. The zero-order valence-electron chi connectivity index (χ0n) is 10.5. The Morgan fingerprint density at radius 3 is 2.38 bits per heavy atom. The number of rotatable bonds is 0. The summed E-state index contributed by atoms with van der Waals surface area (Å²) < 4.78 is 5.33. The first kappa shape index (κ1) is 11.7. The summed E-state index contributed by atoms with van der Waals surface area (Å²) in [6, 6.07) is 0.200. The highest BCUT2D eigenvalue weighted by Crippen LogP contribution is 2.53. The first-order chi connectivity index (χ1) is 7.23. The Balaban J connectivity index is 1.88. The number of aliphatic hydroxyl groups excluding tert-OH is 1. The number of ether oxygens (including phenoxy) is 1. The minimum Gasteiger partial charge on any atom is -0.444 e. The summed E-state index contributed by atoms with van der Waals surface area (Å²) in [6.07, 6.45) is 1.26. The number of carbonyl (C=O) groups is 1. The molecular formula is C12H21NO3. The van der Waals surface area contributed by atoms with Crippen molar-refractivity contribution in [2.24, 2.45) is 5.41 Å². The van der Waals surface area contributed by atoms with E-state index in [1.54, 1.807) is 4.90 Å². The van der Waals surface area contributed by atoms with Crippen LogP contribution < -0.4 is 0 Å². The standard InChI is InChI=1S/C12H21NO3/c1-8-12(5-9(14)6-12)7-13(8)10(15)16-11(2,3)4/h8-9,14H,5-7H2,1-4H3. The molecule has 1 aliphatic carbocycles. The van der Waals surface area contributed by atoms with E-state index in [9.17, 15) is 9.90 Å². The average Bonchev–Trinajstić information content (AvgIpc) is 2.05. The summed E-state index contributed by atoms with van der Waals surface area (Å²) in [5, 5.41) is 9.34. The molecule has 0 radical (unpaired) electrons. The smallest absolute Gasteiger partial charge is 0.410 e. The fourth-order valence-electron chi connectivity index (χ4n) is 2.72. The highest BCUT2D eigenvalue weighted by Gasteiger charge is 2.59. The number of aliphatic hydroxyl groups is 1. The van der Waals surface area contributed by atoms with Crippen LogP contribution in [0, 0.1) is 5.41 Å². The zero-order valence-corrected chi connectivity index (χ0v) is 10.5. The molecule has 1 aliphatic heterocycles. The van der Waals surface area contributed by atoms with Gasteiger partial charge in [-0.3, -0.25) is 0 Å². The third-order valence-corrected chi connectivity index (χ3v) is 3.75. The van der Waals surface area contributed by atoms with Gasteiger partial charge < -0.3 is 14.7 Å². The minimum atomic E-state index is -0.432. The van der Waals surface area contributed by atoms with Gasteiger partial charge in [0.1, 0.15) is 5.60 Å². The molecule has 1 amide bonds. The van der Waals surface area contributed by atoms with Crippen molar-refractivity contribution in [2.45, 2.75) is 58.3 Å². The molecule has 1 saturated heterocycles. The van der Waals surface area contributed by atoms with Gasteiger partial charge in [0, 0.05) is 18.0 Å². The van der Waals surface area contributed by atoms with Gasteiger partial charge in [0.2, 0.25) is 0 Å². The van der Waals surface area contributed by atoms with Gasteiger partial charge in [-0.2, -0.15) is 0 Å². The third-order valence-electron chi connectivity index (χ3n) is 3.75. The Morgan fingerprint density at radius 1 is 1.44 bits per heavy atom. The Kier molecular flexibility index (Phi) is 2.46. The molecule has 16 heavy (non-hydrogen) atoms. The fraction of sp³-hybridized carbons (Fsp3) is 0.917. The van der Waals surface area contributed by atoms with Crippen molar-refractivity contribution in [3.8, 4) is 0 Å². The van der Waals surface area contributed by atoms with Gasteiger partial charge in [0.25, 0.3) is 0 Å². The molecule has 1 unspecified atom stereocenters. The van der Waals surface area contributed by atoms with Crippen molar-refractivity contribution in [3.63, 3.8) is 0 Å². The normalized spacial score (nSPS) is 37.9. The number of likely N-dealkylation sites (tertiary alicyclic amines) is 1. The third kappa shape index (κ3) is 1.79. The molecule has 1 N–H and O–H groups in total. The van der Waals surface area contributed by atoms with Crippen LogP contribution in [0.3, 0.4) is 0 Å². The van der Waals surface area contributed by atoms with E-state index in [4.69, 9.17) is 4.74 Å². The first-order valence-corrected chi connectivity index (χ1v) is 5.91. The second kappa shape index (κ2) is 3.36. The summed E-state index contributed by atoms with van der Waals surface area (Å²) in [6.45, 7) is 8.40. The van der Waals surface area contributed by atoms with E-state index in [0.29, 0.717) is 0 Å². The van der Waals surface area contributed by atoms with Crippen LogP contribution in [0.1, 0.15) is 40.5 Å². The van der Waals surface area contributed by atoms with Gasteiger partial charge in [-0.05, 0) is 40.5 Å². The lowest BCUT2D eigenvalue weighted by Crippen LogP contribution is -2.70. The van der Waals surface area contributed by atoms with Crippen LogP contribution in [-0.2, 0) is 4.74 Å². The van der Waals surface area contributed by atoms with Crippen molar-refractivity contribution < 1.29 is 14.6 Å². The first-order valence-electron chi connectivity index (χ1n) is 5.91. The highest BCUT2D eigenvalue weighted by atomic mass is 16.6. The maximum Gasteiger partial charge on any atom is 0.410 e. The number of nitrogens with zero attached hydrogens (tertiary/aromatic N) is 1. The SMILES string of the molecule is CC1N(C(=O)OC(C)(C)C)CC12CC(O)C2. The van der Waals surface area contributed by atoms with E-state index in [1.807, 2.05) is 27.7 Å². The number of hydrogen-bond donors (Lipinski definition) is 1. The van der Waals surface area contributed by atoms with E-state index in [2.05, 4.69) is 0 Å². The minimum absolute atomic E-state index is 0.164. The van der Waals surface area contributed by atoms with Crippen LogP contribution in [0.5, 0.6) is 0 Å². The molecule has 2 rings (SSSR count). The molecule has 0 aromatic carbocycles. The molecule has 2 fully saturated rings. The van der Waals surface area contributed by atoms with Crippen LogP contribution in [0.2, 0.25) is 0 Å². The van der Waals surface area contributed by atoms with E-state index in [-0.39, 0.29) is 23.7 Å². The van der Waals surface area contributed by atoms with Crippen molar-refractivity contribution in [3.05, 3.63) is 0 Å². The number of amides is 1. The Labute approximate surface area is 96.6 Å². The fourth-order valence-corrected chi connectivity index (χ4v) is 2.72. The molecule has 92 valence electrons. The Hall–Kier alpha value is -0.770. The van der Waals surface area contributed by atoms with E-state index >= 15 is 0 Å². The summed E-state index contributed by atoms with van der Waals surface area (Å²) in [5.74, 6) is 0. The second-order valence-electron chi connectivity index (χ2n) is 6.21. The van der Waals surface area contributed by atoms with Gasteiger partial charge in [0.15, 0.2) is 0 Å². The Morgan fingerprint density at radius 2 is 2.00 bits per heavy atom. The quantitative estimate of drug-likeness (QED) is 0.686. The molecule has 2 aliphatic rings. The molecule has 0 aromatic heterocycles.